The molecule has 1 aromatic heterocycles. The summed E-state index contributed by atoms with van der Waals surface area (Å²) >= 11 is 3.31. The number of hydrogen-bond donors (Lipinski definition) is 2. The van der Waals surface area contributed by atoms with Crippen LogP contribution in [0.15, 0.2) is 16.7 Å². The average Bonchev–Trinajstić information content (AvgIpc) is 2.57. The molecule has 2 atom stereocenters. The van der Waals surface area contributed by atoms with Crippen molar-refractivity contribution < 1.29 is 4.92 Å². The van der Waals surface area contributed by atoms with E-state index in [2.05, 4.69) is 26.2 Å². The van der Waals surface area contributed by atoms with Crippen LogP contribution < -0.4 is 11.1 Å². The monoisotopic (exact) mass is 328 g/mol. The fraction of sp³-hybridized carbons (Fsp3) is 0.583. The zero-order chi connectivity index (χ0) is 13.8. The van der Waals surface area contributed by atoms with Crippen molar-refractivity contribution in [2.45, 2.75) is 44.2 Å². The Morgan fingerprint density at radius 2 is 2.16 bits per heavy atom. The Hall–Kier alpha value is -1.21. The van der Waals surface area contributed by atoms with Gasteiger partial charge in [0.05, 0.1) is 9.40 Å². The van der Waals surface area contributed by atoms with Gasteiger partial charge in [-0.1, -0.05) is 19.3 Å². The summed E-state index contributed by atoms with van der Waals surface area (Å²) in [7, 11) is 0. The maximum atomic E-state index is 10.7. The van der Waals surface area contributed by atoms with Crippen LogP contribution in [-0.2, 0) is 0 Å². The minimum Gasteiger partial charge on any atom is -0.365 e. The van der Waals surface area contributed by atoms with E-state index in [-0.39, 0.29) is 17.8 Å². The molecule has 1 aliphatic carbocycles. The second-order valence-corrected chi connectivity index (χ2v) is 5.69. The molecule has 0 aliphatic heterocycles. The largest absolute Gasteiger partial charge is 0.365 e. The first-order valence-corrected chi connectivity index (χ1v) is 7.19. The predicted molar refractivity (Wildman–Crippen MR) is 77.1 cm³/mol. The molecule has 2 rings (SSSR count). The number of halogens is 1. The fourth-order valence-electron chi connectivity index (χ4n) is 2.33. The second kappa shape index (κ2) is 6.29. The molecule has 2 unspecified atom stereocenters. The number of anilines is 1. The van der Waals surface area contributed by atoms with E-state index in [4.69, 9.17) is 5.73 Å². The van der Waals surface area contributed by atoms with E-state index >= 15 is 0 Å². The lowest BCUT2D eigenvalue weighted by atomic mass is 10.0. The van der Waals surface area contributed by atoms with Gasteiger partial charge >= 0.3 is 0 Å². The van der Waals surface area contributed by atoms with Crippen molar-refractivity contribution in [3.63, 3.8) is 0 Å². The number of hydrogen-bond acceptors (Lipinski definition) is 5. The molecule has 0 saturated heterocycles. The summed E-state index contributed by atoms with van der Waals surface area (Å²) in [5.41, 5.74) is 6.12. The molecule has 1 heterocycles. The number of nitrogens with two attached hydrogens (primary N) is 1. The van der Waals surface area contributed by atoms with Gasteiger partial charge in [0.15, 0.2) is 0 Å². The van der Waals surface area contributed by atoms with E-state index in [0.717, 1.165) is 25.7 Å². The molecular weight excluding hydrogens is 312 g/mol. The molecule has 0 aromatic carbocycles. The smallest absolute Gasteiger partial charge is 0.288 e. The van der Waals surface area contributed by atoms with E-state index in [0.29, 0.717) is 10.3 Å². The molecule has 1 aromatic rings. The topological polar surface area (TPSA) is 94.1 Å². The highest BCUT2D eigenvalue weighted by Gasteiger charge is 2.21. The average molecular weight is 329 g/mol. The lowest BCUT2D eigenvalue weighted by Gasteiger charge is -2.23. The summed E-state index contributed by atoms with van der Waals surface area (Å²) in [5.74, 6) is 0.618. The molecule has 19 heavy (non-hydrogen) atoms. The number of nitro groups is 1. The number of nitrogens with one attached hydrogen (secondary N) is 1. The van der Waals surface area contributed by atoms with Gasteiger partial charge in [-0.05, 0) is 28.8 Å². The maximum Gasteiger partial charge on any atom is 0.288 e. The Labute approximate surface area is 120 Å². The predicted octanol–water partition coefficient (Wildman–Crippen LogP) is 2.82. The Kier molecular flexibility index (Phi) is 4.71. The first kappa shape index (κ1) is 14.2. The second-order valence-electron chi connectivity index (χ2n) is 4.83. The molecule has 0 amide bonds. The van der Waals surface area contributed by atoms with Crippen molar-refractivity contribution in [3.05, 3.63) is 26.9 Å². The van der Waals surface area contributed by atoms with Crippen LogP contribution in [-0.4, -0.2) is 22.0 Å². The Balaban J connectivity index is 2.11. The third-order valence-corrected chi connectivity index (χ3v) is 4.03. The van der Waals surface area contributed by atoms with E-state index in [1.54, 1.807) is 0 Å². The van der Waals surface area contributed by atoms with Gasteiger partial charge in [-0.2, -0.15) is 0 Å². The van der Waals surface area contributed by atoms with E-state index in [9.17, 15) is 10.1 Å². The normalized spacial score (nSPS) is 23.7. The maximum absolute atomic E-state index is 10.7. The van der Waals surface area contributed by atoms with Crippen molar-refractivity contribution >= 4 is 27.4 Å². The van der Waals surface area contributed by atoms with Crippen LogP contribution in [0, 0.1) is 10.1 Å². The van der Waals surface area contributed by atoms with Crippen molar-refractivity contribution in [3.8, 4) is 0 Å². The number of aromatic nitrogens is 1. The highest BCUT2D eigenvalue weighted by Crippen LogP contribution is 2.27. The Morgan fingerprint density at radius 1 is 1.42 bits per heavy atom. The van der Waals surface area contributed by atoms with Crippen LogP contribution in [0.5, 0.6) is 0 Å². The first-order chi connectivity index (χ1) is 9.08. The molecule has 0 spiro atoms. The lowest BCUT2D eigenvalue weighted by molar-refractivity contribution is -0.385. The highest BCUT2D eigenvalue weighted by molar-refractivity contribution is 9.10. The zero-order valence-corrected chi connectivity index (χ0v) is 12.1. The van der Waals surface area contributed by atoms with Crippen LogP contribution in [0.1, 0.15) is 32.1 Å². The highest BCUT2D eigenvalue weighted by atomic mass is 79.9. The zero-order valence-electron chi connectivity index (χ0n) is 10.5. The summed E-state index contributed by atoms with van der Waals surface area (Å²) < 4.78 is 0.596. The van der Waals surface area contributed by atoms with E-state index < -0.39 is 4.92 Å². The summed E-state index contributed by atoms with van der Waals surface area (Å²) in [6.45, 7) is 0. The minimum absolute atomic E-state index is 0.0254. The quantitative estimate of drug-likeness (QED) is 0.505. The molecule has 1 saturated carbocycles. The van der Waals surface area contributed by atoms with Gasteiger partial charge in [0.1, 0.15) is 12.0 Å². The Bertz CT molecular complexity index is 469. The van der Waals surface area contributed by atoms with Gasteiger partial charge in [-0.25, -0.2) is 4.98 Å². The molecule has 1 aliphatic rings. The third kappa shape index (κ3) is 3.63. The molecular formula is C12H17BrN4O2. The van der Waals surface area contributed by atoms with Gasteiger partial charge in [0.25, 0.3) is 5.69 Å². The van der Waals surface area contributed by atoms with Crippen LogP contribution in [0.2, 0.25) is 0 Å². The Morgan fingerprint density at radius 3 is 2.84 bits per heavy atom. The molecule has 0 bridgehead atoms. The molecule has 104 valence electrons. The third-order valence-electron chi connectivity index (χ3n) is 3.43. The van der Waals surface area contributed by atoms with Crippen LogP contribution in [0.4, 0.5) is 11.5 Å². The van der Waals surface area contributed by atoms with Crippen LogP contribution in [0.25, 0.3) is 0 Å². The summed E-state index contributed by atoms with van der Waals surface area (Å²) in [5, 5.41) is 14.0. The number of rotatable bonds is 3. The summed E-state index contributed by atoms with van der Waals surface area (Å²) in [6.07, 6.45) is 6.79. The lowest BCUT2D eigenvalue weighted by Crippen LogP contribution is -2.39. The number of pyridine rings is 1. The van der Waals surface area contributed by atoms with Crippen molar-refractivity contribution in [1.82, 2.24) is 4.98 Å². The van der Waals surface area contributed by atoms with Crippen molar-refractivity contribution in [1.29, 1.82) is 0 Å². The van der Waals surface area contributed by atoms with E-state index in [1.807, 2.05) is 0 Å². The van der Waals surface area contributed by atoms with Gasteiger partial charge in [0, 0.05) is 18.2 Å². The van der Waals surface area contributed by atoms with Gasteiger partial charge in [0.2, 0.25) is 0 Å². The molecule has 0 radical (unpaired) electrons. The van der Waals surface area contributed by atoms with Gasteiger partial charge in [-0.15, -0.1) is 0 Å². The summed E-state index contributed by atoms with van der Waals surface area (Å²) in [6, 6.07) is 1.73. The first-order valence-electron chi connectivity index (χ1n) is 6.40. The van der Waals surface area contributed by atoms with Crippen LogP contribution in [0.3, 0.4) is 0 Å². The van der Waals surface area contributed by atoms with Crippen molar-refractivity contribution in [2.24, 2.45) is 5.73 Å². The standard InChI is InChI=1S/C12H17BrN4O2/c13-9-6-8(17(18)19)7-15-12(9)16-11-5-3-1-2-4-10(11)14/h6-7,10-11H,1-5,14H2,(H,15,16). The SMILES string of the molecule is NC1CCCCCC1Nc1ncc([N+](=O)[O-])cc1Br. The molecule has 1 fully saturated rings. The van der Waals surface area contributed by atoms with Crippen LogP contribution >= 0.6 is 15.9 Å². The minimum atomic E-state index is -0.459. The molecule has 7 heteroatoms. The molecule has 6 nitrogen and oxygen atoms in total. The fourth-order valence-corrected chi connectivity index (χ4v) is 2.78. The van der Waals surface area contributed by atoms with E-state index in [1.165, 1.54) is 18.7 Å². The summed E-state index contributed by atoms with van der Waals surface area (Å²) in [4.78, 5) is 14.3. The van der Waals surface area contributed by atoms with Crippen molar-refractivity contribution in [2.75, 3.05) is 5.32 Å². The number of nitrogens with zero attached hydrogens (tertiary/aromatic N) is 2. The van der Waals surface area contributed by atoms with Gasteiger partial charge in [-0.3, -0.25) is 10.1 Å². The van der Waals surface area contributed by atoms with Gasteiger partial charge < -0.3 is 11.1 Å². The molecule has 3 N–H and O–H groups in total.